The van der Waals surface area contributed by atoms with Crippen LogP contribution in [0.5, 0.6) is 0 Å². The van der Waals surface area contributed by atoms with E-state index in [9.17, 15) is 4.79 Å². The third-order valence-corrected chi connectivity index (χ3v) is 4.71. The fourth-order valence-corrected chi connectivity index (χ4v) is 3.10. The van der Waals surface area contributed by atoms with Crippen molar-refractivity contribution >= 4 is 5.97 Å². The molecule has 0 amide bonds. The minimum absolute atomic E-state index is 0.0240. The zero-order valence-electron chi connectivity index (χ0n) is 20.2. The maximum Gasteiger partial charge on any atom is 0.306 e. The lowest BCUT2D eigenvalue weighted by molar-refractivity contribution is -0.154. The van der Waals surface area contributed by atoms with Gasteiger partial charge >= 0.3 is 5.97 Å². The summed E-state index contributed by atoms with van der Waals surface area (Å²) < 4.78 is 5.62. The first-order valence-electron chi connectivity index (χ1n) is 11.9. The van der Waals surface area contributed by atoms with Crippen molar-refractivity contribution in [3.05, 3.63) is 60.8 Å². The van der Waals surface area contributed by atoms with Crippen molar-refractivity contribution in [2.24, 2.45) is 11.8 Å². The first-order valence-corrected chi connectivity index (χ1v) is 11.9. The number of rotatable bonds is 17. The van der Waals surface area contributed by atoms with Gasteiger partial charge in [0.05, 0.1) is 0 Å². The van der Waals surface area contributed by atoms with Gasteiger partial charge in [-0.15, -0.1) is 0 Å². The zero-order chi connectivity index (χ0) is 22.5. The molecule has 0 saturated heterocycles. The van der Waals surface area contributed by atoms with Gasteiger partial charge in [0.15, 0.2) is 0 Å². The van der Waals surface area contributed by atoms with Crippen LogP contribution in [-0.2, 0) is 9.53 Å². The molecule has 0 fully saturated rings. The molecule has 170 valence electrons. The second-order valence-corrected chi connectivity index (χ2v) is 8.42. The van der Waals surface area contributed by atoms with Crippen LogP contribution in [0.25, 0.3) is 0 Å². The van der Waals surface area contributed by atoms with Gasteiger partial charge < -0.3 is 4.74 Å². The van der Waals surface area contributed by atoms with Crippen molar-refractivity contribution in [1.82, 2.24) is 0 Å². The lowest BCUT2D eigenvalue weighted by atomic mass is 9.96. The summed E-state index contributed by atoms with van der Waals surface area (Å²) in [6.07, 6.45) is 30.8. The summed E-state index contributed by atoms with van der Waals surface area (Å²) in [5.74, 6) is 0.666. The number of hydrogen-bond donors (Lipinski definition) is 0. The van der Waals surface area contributed by atoms with Gasteiger partial charge in [-0.25, -0.2) is 0 Å². The molecule has 0 saturated carbocycles. The van der Waals surface area contributed by atoms with E-state index in [1.165, 1.54) is 12.8 Å². The van der Waals surface area contributed by atoms with Crippen molar-refractivity contribution in [3.63, 3.8) is 0 Å². The second kappa shape index (κ2) is 20.4. The van der Waals surface area contributed by atoms with Crippen LogP contribution in [0, 0.1) is 11.8 Å². The van der Waals surface area contributed by atoms with E-state index >= 15 is 0 Å². The zero-order valence-corrected chi connectivity index (χ0v) is 20.2. The van der Waals surface area contributed by atoms with Gasteiger partial charge in [0.1, 0.15) is 6.10 Å². The summed E-state index contributed by atoms with van der Waals surface area (Å²) in [7, 11) is 0. The fraction of sp³-hybridized carbons (Fsp3) is 0.607. The Morgan fingerprint density at radius 3 is 1.47 bits per heavy atom. The topological polar surface area (TPSA) is 26.3 Å². The van der Waals surface area contributed by atoms with Crippen LogP contribution >= 0.6 is 0 Å². The summed E-state index contributed by atoms with van der Waals surface area (Å²) in [5, 5.41) is 0. The first-order chi connectivity index (χ1) is 14.5. The summed E-state index contributed by atoms with van der Waals surface area (Å²) in [5.41, 5.74) is 0. The van der Waals surface area contributed by atoms with Gasteiger partial charge in [0.25, 0.3) is 0 Å². The van der Waals surface area contributed by atoms with Gasteiger partial charge in [-0.2, -0.15) is 0 Å². The van der Waals surface area contributed by atoms with E-state index < -0.39 is 0 Å². The van der Waals surface area contributed by atoms with Gasteiger partial charge in [-0.3, -0.25) is 4.79 Å². The third-order valence-electron chi connectivity index (χ3n) is 4.71. The minimum atomic E-state index is -0.0646. The molecule has 0 spiro atoms. The lowest BCUT2D eigenvalue weighted by Gasteiger charge is -2.24. The number of carbonyl (C=O) groups is 1. The second-order valence-electron chi connectivity index (χ2n) is 8.42. The molecule has 0 radical (unpaired) electrons. The quantitative estimate of drug-likeness (QED) is 0.135. The van der Waals surface area contributed by atoms with Gasteiger partial charge in [0, 0.05) is 6.42 Å². The SMILES string of the molecule is CCC/C=C\C/C=C\C/C=C\C/C=C\C/C=C\CCCC(=O)OC(C(C)C)C(C)C. The third kappa shape index (κ3) is 18.2. The Kier molecular flexibility index (Phi) is 19.2. The van der Waals surface area contributed by atoms with Crippen LogP contribution in [0.4, 0.5) is 0 Å². The number of unbranched alkanes of at least 4 members (excludes halogenated alkanes) is 2. The standard InChI is InChI=1S/C28H46O2/c1-6-7-8-9-10-11-12-13-14-15-16-17-18-19-20-21-22-23-24-27(29)30-28(25(2)3)26(4)5/h8-9,11-12,14-15,17-18,20-21,25-26,28H,6-7,10,13,16,19,22-24H2,1-5H3/b9-8-,12-11-,15-14-,18-17-,21-20-. The van der Waals surface area contributed by atoms with Crippen molar-refractivity contribution in [1.29, 1.82) is 0 Å². The molecule has 0 aliphatic rings. The van der Waals surface area contributed by atoms with Crippen LogP contribution in [0.1, 0.15) is 92.4 Å². The highest BCUT2D eigenvalue weighted by Gasteiger charge is 2.21. The molecule has 0 aromatic rings. The van der Waals surface area contributed by atoms with Crippen molar-refractivity contribution in [3.8, 4) is 0 Å². The Labute approximate surface area is 186 Å². The summed E-state index contributed by atoms with van der Waals surface area (Å²) in [6, 6.07) is 0. The summed E-state index contributed by atoms with van der Waals surface area (Å²) >= 11 is 0. The Balaban J connectivity index is 3.71. The van der Waals surface area contributed by atoms with E-state index in [0.717, 1.165) is 38.5 Å². The summed E-state index contributed by atoms with van der Waals surface area (Å²) in [4.78, 5) is 12.0. The van der Waals surface area contributed by atoms with Crippen LogP contribution in [-0.4, -0.2) is 12.1 Å². The molecule has 0 bridgehead atoms. The lowest BCUT2D eigenvalue weighted by Crippen LogP contribution is -2.28. The van der Waals surface area contributed by atoms with Gasteiger partial charge in [0.2, 0.25) is 0 Å². The average Bonchev–Trinajstić information content (AvgIpc) is 2.70. The van der Waals surface area contributed by atoms with E-state index in [4.69, 9.17) is 4.74 Å². The first kappa shape index (κ1) is 28.2. The monoisotopic (exact) mass is 414 g/mol. The molecule has 30 heavy (non-hydrogen) atoms. The van der Waals surface area contributed by atoms with Crippen LogP contribution in [0.3, 0.4) is 0 Å². The maximum absolute atomic E-state index is 12.0. The van der Waals surface area contributed by atoms with Gasteiger partial charge in [-0.05, 0) is 56.8 Å². The van der Waals surface area contributed by atoms with E-state index in [2.05, 4.69) is 95.4 Å². The van der Waals surface area contributed by atoms with Crippen molar-refractivity contribution < 1.29 is 9.53 Å². The molecule has 0 rings (SSSR count). The molecule has 0 aromatic carbocycles. The molecular weight excluding hydrogens is 368 g/mol. The van der Waals surface area contributed by atoms with E-state index in [0.29, 0.717) is 18.3 Å². The molecule has 0 atom stereocenters. The average molecular weight is 415 g/mol. The maximum atomic E-state index is 12.0. The number of esters is 1. The minimum Gasteiger partial charge on any atom is -0.462 e. The molecule has 0 aliphatic carbocycles. The highest BCUT2D eigenvalue weighted by Crippen LogP contribution is 2.17. The van der Waals surface area contributed by atoms with Crippen molar-refractivity contribution in [2.75, 3.05) is 0 Å². The molecular formula is C28H46O2. The Morgan fingerprint density at radius 1 is 0.667 bits per heavy atom. The highest BCUT2D eigenvalue weighted by molar-refractivity contribution is 5.69. The van der Waals surface area contributed by atoms with E-state index in [1.807, 2.05) is 0 Å². The van der Waals surface area contributed by atoms with Crippen molar-refractivity contribution in [2.45, 2.75) is 98.5 Å². The number of carbonyl (C=O) groups excluding carboxylic acids is 1. The Morgan fingerprint density at radius 2 is 1.07 bits per heavy atom. The van der Waals surface area contributed by atoms with Crippen LogP contribution < -0.4 is 0 Å². The van der Waals surface area contributed by atoms with Crippen LogP contribution in [0.2, 0.25) is 0 Å². The van der Waals surface area contributed by atoms with Crippen LogP contribution in [0.15, 0.2) is 60.8 Å². The molecule has 0 unspecified atom stereocenters. The van der Waals surface area contributed by atoms with E-state index in [1.54, 1.807) is 0 Å². The predicted octanol–water partition coefficient (Wildman–Crippen LogP) is 8.52. The fourth-order valence-electron chi connectivity index (χ4n) is 3.10. The number of ether oxygens (including phenoxy) is 1. The normalized spacial score (nSPS) is 13.1. The highest BCUT2D eigenvalue weighted by atomic mass is 16.5. The summed E-state index contributed by atoms with van der Waals surface area (Å²) in [6.45, 7) is 10.6. The van der Waals surface area contributed by atoms with E-state index in [-0.39, 0.29) is 12.1 Å². The molecule has 2 heteroatoms. The van der Waals surface area contributed by atoms with Gasteiger partial charge in [-0.1, -0.05) is 102 Å². The molecule has 0 aliphatic heterocycles. The number of allylic oxidation sites excluding steroid dienone is 10. The number of hydrogen-bond acceptors (Lipinski definition) is 2. The Bertz CT molecular complexity index is 539. The molecule has 0 N–H and O–H groups in total. The molecule has 2 nitrogen and oxygen atoms in total. The molecule has 0 heterocycles. The smallest absolute Gasteiger partial charge is 0.306 e. The Hall–Kier alpha value is -1.83. The molecule has 0 aromatic heterocycles. The largest absolute Gasteiger partial charge is 0.462 e. The predicted molar refractivity (Wildman–Crippen MR) is 132 cm³/mol.